The highest BCUT2D eigenvalue weighted by atomic mass is 16.5. The number of methoxy groups -OCH3 is 1. The SMILES string of the molecule is COC1C(=O)CC1OCC1CCOC1. The Hall–Kier alpha value is -0.450. The fourth-order valence-electron chi connectivity index (χ4n) is 1.87. The minimum atomic E-state index is -0.322. The van der Waals surface area contributed by atoms with Crippen molar-refractivity contribution in [2.75, 3.05) is 26.9 Å². The molecule has 2 fully saturated rings. The molecule has 0 aromatic heterocycles. The first-order valence-corrected chi connectivity index (χ1v) is 5.06. The average Bonchev–Trinajstić information content (AvgIpc) is 2.65. The zero-order valence-corrected chi connectivity index (χ0v) is 8.40. The van der Waals surface area contributed by atoms with Gasteiger partial charge in [-0.15, -0.1) is 0 Å². The van der Waals surface area contributed by atoms with Crippen LogP contribution in [0.1, 0.15) is 12.8 Å². The average molecular weight is 200 g/mol. The summed E-state index contributed by atoms with van der Waals surface area (Å²) in [7, 11) is 1.55. The van der Waals surface area contributed by atoms with Gasteiger partial charge in [0.05, 0.1) is 19.3 Å². The highest BCUT2D eigenvalue weighted by Gasteiger charge is 2.41. The number of ether oxygens (including phenoxy) is 3. The summed E-state index contributed by atoms with van der Waals surface area (Å²) in [5, 5.41) is 0. The fraction of sp³-hybridized carbons (Fsp3) is 0.900. The third-order valence-electron chi connectivity index (χ3n) is 2.88. The van der Waals surface area contributed by atoms with E-state index in [0.717, 1.165) is 19.6 Å². The summed E-state index contributed by atoms with van der Waals surface area (Å²) >= 11 is 0. The molecule has 1 saturated heterocycles. The van der Waals surface area contributed by atoms with E-state index in [4.69, 9.17) is 14.2 Å². The quantitative estimate of drug-likeness (QED) is 0.658. The molecule has 0 spiro atoms. The van der Waals surface area contributed by atoms with Crippen LogP contribution in [0.2, 0.25) is 0 Å². The van der Waals surface area contributed by atoms with Crippen LogP contribution in [0.4, 0.5) is 0 Å². The first-order valence-electron chi connectivity index (χ1n) is 5.06. The molecule has 3 atom stereocenters. The summed E-state index contributed by atoms with van der Waals surface area (Å²) in [5.74, 6) is 0.656. The molecule has 0 N–H and O–H groups in total. The monoisotopic (exact) mass is 200 g/mol. The molecule has 3 unspecified atom stereocenters. The van der Waals surface area contributed by atoms with Crippen LogP contribution >= 0.6 is 0 Å². The fourth-order valence-corrected chi connectivity index (χ4v) is 1.87. The summed E-state index contributed by atoms with van der Waals surface area (Å²) in [5.41, 5.74) is 0. The van der Waals surface area contributed by atoms with Crippen LogP contribution in [0.15, 0.2) is 0 Å². The highest BCUT2D eigenvalue weighted by Crippen LogP contribution is 2.24. The Morgan fingerprint density at radius 1 is 1.57 bits per heavy atom. The van der Waals surface area contributed by atoms with Crippen molar-refractivity contribution in [3.63, 3.8) is 0 Å². The lowest BCUT2D eigenvalue weighted by Crippen LogP contribution is -2.50. The van der Waals surface area contributed by atoms with Crippen LogP contribution in [0, 0.1) is 5.92 Å². The summed E-state index contributed by atoms with van der Waals surface area (Å²) in [4.78, 5) is 11.0. The van der Waals surface area contributed by atoms with E-state index in [1.807, 2.05) is 0 Å². The molecule has 14 heavy (non-hydrogen) atoms. The Bertz CT molecular complexity index is 210. The maximum absolute atomic E-state index is 11.0. The predicted molar refractivity (Wildman–Crippen MR) is 49.1 cm³/mol. The van der Waals surface area contributed by atoms with Gasteiger partial charge in [0.15, 0.2) is 5.78 Å². The summed E-state index contributed by atoms with van der Waals surface area (Å²) in [6.45, 7) is 2.32. The van der Waals surface area contributed by atoms with Crippen molar-refractivity contribution >= 4 is 5.78 Å². The number of rotatable bonds is 4. The summed E-state index contributed by atoms with van der Waals surface area (Å²) in [6, 6.07) is 0. The second kappa shape index (κ2) is 4.38. The minimum absolute atomic E-state index is 0.0203. The number of hydrogen-bond donors (Lipinski definition) is 0. The van der Waals surface area contributed by atoms with Gasteiger partial charge in [-0.05, 0) is 6.42 Å². The van der Waals surface area contributed by atoms with E-state index in [9.17, 15) is 4.79 Å². The Labute approximate surface area is 83.5 Å². The van der Waals surface area contributed by atoms with Gasteiger partial charge in [-0.3, -0.25) is 4.79 Å². The maximum Gasteiger partial charge on any atom is 0.166 e. The lowest BCUT2D eigenvalue weighted by atomic mass is 9.90. The normalized spacial score (nSPS) is 37.2. The van der Waals surface area contributed by atoms with E-state index < -0.39 is 0 Å². The van der Waals surface area contributed by atoms with Crippen LogP contribution < -0.4 is 0 Å². The second-order valence-electron chi connectivity index (χ2n) is 3.93. The first kappa shape index (κ1) is 10.1. The van der Waals surface area contributed by atoms with Crippen molar-refractivity contribution in [3.8, 4) is 0 Å². The smallest absolute Gasteiger partial charge is 0.166 e. The largest absolute Gasteiger partial charge is 0.381 e. The number of carbonyl (C=O) groups excluding carboxylic acids is 1. The molecule has 2 aliphatic rings. The Balaban J connectivity index is 1.68. The van der Waals surface area contributed by atoms with E-state index in [0.29, 0.717) is 18.9 Å². The number of ketones is 1. The molecule has 2 rings (SSSR count). The van der Waals surface area contributed by atoms with Crippen LogP contribution in [-0.2, 0) is 19.0 Å². The molecule has 0 aromatic carbocycles. The number of carbonyl (C=O) groups is 1. The Morgan fingerprint density at radius 2 is 2.43 bits per heavy atom. The molecule has 0 radical (unpaired) electrons. The zero-order chi connectivity index (χ0) is 9.97. The van der Waals surface area contributed by atoms with Gasteiger partial charge in [0.2, 0.25) is 0 Å². The zero-order valence-electron chi connectivity index (χ0n) is 8.40. The maximum atomic E-state index is 11.0. The van der Waals surface area contributed by atoms with E-state index in [2.05, 4.69) is 0 Å². The van der Waals surface area contributed by atoms with Crippen LogP contribution in [0.25, 0.3) is 0 Å². The number of hydrogen-bond acceptors (Lipinski definition) is 4. The molecule has 1 saturated carbocycles. The molecule has 0 amide bonds. The predicted octanol–water partition coefficient (Wildman–Crippen LogP) is 0.396. The second-order valence-corrected chi connectivity index (χ2v) is 3.93. The van der Waals surface area contributed by atoms with Gasteiger partial charge in [-0.1, -0.05) is 0 Å². The molecular weight excluding hydrogens is 184 g/mol. The van der Waals surface area contributed by atoms with E-state index in [-0.39, 0.29) is 18.0 Å². The summed E-state index contributed by atoms with van der Waals surface area (Å²) < 4.78 is 15.9. The summed E-state index contributed by atoms with van der Waals surface area (Å²) in [6.07, 6.45) is 1.23. The van der Waals surface area contributed by atoms with Crippen molar-refractivity contribution in [1.82, 2.24) is 0 Å². The number of Topliss-reactive ketones (excluding diaryl/α,β-unsaturated/α-hetero) is 1. The third kappa shape index (κ3) is 1.97. The lowest BCUT2D eigenvalue weighted by Gasteiger charge is -2.33. The van der Waals surface area contributed by atoms with E-state index >= 15 is 0 Å². The molecule has 80 valence electrons. The molecule has 0 bridgehead atoms. The van der Waals surface area contributed by atoms with E-state index in [1.54, 1.807) is 7.11 Å². The third-order valence-corrected chi connectivity index (χ3v) is 2.88. The van der Waals surface area contributed by atoms with Crippen molar-refractivity contribution in [3.05, 3.63) is 0 Å². The highest BCUT2D eigenvalue weighted by molar-refractivity contribution is 5.90. The standard InChI is InChI=1S/C10H16O4/c1-12-10-8(11)4-9(10)14-6-7-2-3-13-5-7/h7,9-10H,2-6H2,1H3. The van der Waals surface area contributed by atoms with Crippen molar-refractivity contribution in [2.24, 2.45) is 5.92 Å². The topological polar surface area (TPSA) is 44.8 Å². The van der Waals surface area contributed by atoms with Gasteiger partial charge in [-0.2, -0.15) is 0 Å². The Kier molecular flexibility index (Phi) is 3.15. The van der Waals surface area contributed by atoms with Gasteiger partial charge in [0.1, 0.15) is 6.10 Å². The molecule has 4 heteroatoms. The van der Waals surface area contributed by atoms with Crippen molar-refractivity contribution < 1.29 is 19.0 Å². The van der Waals surface area contributed by atoms with Crippen molar-refractivity contribution in [2.45, 2.75) is 25.0 Å². The van der Waals surface area contributed by atoms with Crippen LogP contribution in [0.5, 0.6) is 0 Å². The lowest BCUT2D eigenvalue weighted by molar-refractivity contribution is -0.163. The van der Waals surface area contributed by atoms with Crippen LogP contribution in [0.3, 0.4) is 0 Å². The van der Waals surface area contributed by atoms with Gasteiger partial charge in [0.25, 0.3) is 0 Å². The van der Waals surface area contributed by atoms with Crippen molar-refractivity contribution in [1.29, 1.82) is 0 Å². The molecule has 4 nitrogen and oxygen atoms in total. The first-order chi connectivity index (χ1) is 6.81. The van der Waals surface area contributed by atoms with Gasteiger partial charge in [-0.25, -0.2) is 0 Å². The molecule has 1 heterocycles. The van der Waals surface area contributed by atoms with Gasteiger partial charge >= 0.3 is 0 Å². The van der Waals surface area contributed by atoms with E-state index in [1.165, 1.54) is 0 Å². The molecule has 1 aliphatic carbocycles. The van der Waals surface area contributed by atoms with Gasteiger partial charge < -0.3 is 14.2 Å². The Morgan fingerprint density at radius 3 is 3.00 bits per heavy atom. The molecule has 1 aliphatic heterocycles. The van der Waals surface area contributed by atoms with Gasteiger partial charge in [0, 0.05) is 26.1 Å². The molecule has 0 aromatic rings. The molecular formula is C10H16O4. The minimum Gasteiger partial charge on any atom is -0.381 e. The van der Waals surface area contributed by atoms with Crippen LogP contribution in [-0.4, -0.2) is 44.9 Å².